The minimum atomic E-state index is -4.44. The highest BCUT2D eigenvalue weighted by Gasteiger charge is 2.33. The highest BCUT2D eigenvalue weighted by Crippen LogP contribution is 2.30. The molecule has 6 heteroatoms. The molecule has 1 aromatic heterocycles. The van der Waals surface area contributed by atoms with Crippen LogP contribution in [0, 0.1) is 0 Å². The zero-order valence-corrected chi connectivity index (χ0v) is 8.82. The van der Waals surface area contributed by atoms with E-state index in [1.54, 1.807) is 0 Å². The summed E-state index contributed by atoms with van der Waals surface area (Å²) in [5.74, 6) is 0.154. The number of methoxy groups -OCH3 is 1. The Morgan fingerprint density at radius 3 is 2.50 bits per heavy atom. The zero-order chi connectivity index (χ0) is 10.8. The Morgan fingerprint density at radius 2 is 2.07 bits per heavy atom. The Bertz CT molecular complexity index is 305. The molecule has 0 saturated carbocycles. The Kier molecular flexibility index (Phi) is 3.36. The maximum absolute atomic E-state index is 12.3. The van der Waals surface area contributed by atoms with Crippen LogP contribution < -0.4 is 4.74 Å². The topological polar surface area (TPSA) is 22.1 Å². The second-order valence-corrected chi connectivity index (χ2v) is 3.08. The van der Waals surface area contributed by atoms with Crippen LogP contribution in [0.3, 0.4) is 0 Å². The fraction of sp³-hybridized carbons (Fsp3) is 0.375. The summed E-state index contributed by atoms with van der Waals surface area (Å²) in [6.07, 6.45) is -4.44. The molecule has 14 heavy (non-hydrogen) atoms. The minimum absolute atomic E-state index is 0.154. The number of ether oxygens (including phenoxy) is 1. The molecule has 0 N–H and O–H groups in total. The number of halogens is 4. The van der Waals surface area contributed by atoms with Crippen molar-refractivity contribution in [3.8, 4) is 5.75 Å². The van der Waals surface area contributed by atoms with E-state index in [1.165, 1.54) is 13.2 Å². The molecule has 0 spiro atoms. The second-order valence-electron chi connectivity index (χ2n) is 2.51. The molecule has 1 rings (SSSR count). The Morgan fingerprint density at radius 1 is 1.43 bits per heavy atom. The van der Waals surface area contributed by atoms with Crippen LogP contribution in [0.15, 0.2) is 12.1 Å². The van der Waals surface area contributed by atoms with E-state index in [4.69, 9.17) is 4.74 Å². The van der Waals surface area contributed by atoms with Crippen molar-refractivity contribution < 1.29 is 17.9 Å². The van der Waals surface area contributed by atoms with Gasteiger partial charge in [-0.05, 0) is 0 Å². The van der Waals surface area contributed by atoms with E-state index < -0.39 is 11.9 Å². The fourth-order valence-electron chi connectivity index (χ4n) is 0.891. The van der Waals surface area contributed by atoms with Crippen molar-refractivity contribution in [2.24, 2.45) is 0 Å². The SMILES string of the molecule is COc1cc(CBr)nc(C(F)(F)F)c1. The van der Waals surface area contributed by atoms with E-state index in [1.807, 2.05) is 0 Å². The molecule has 0 saturated heterocycles. The molecule has 0 atom stereocenters. The Labute approximate surface area is 87.2 Å². The number of rotatable bonds is 2. The van der Waals surface area contributed by atoms with Crippen molar-refractivity contribution in [2.75, 3.05) is 7.11 Å². The molecule has 2 nitrogen and oxygen atoms in total. The van der Waals surface area contributed by atoms with Crippen LogP contribution in [0.1, 0.15) is 11.4 Å². The molecular formula is C8H7BrF3NO. The van der Waals surface area contributed by atoms with Gasteiger partial charge in [0, 0.05) is 17.5 Å². The Balaban J connectivity index is 3.17. The molecular weight excluding hydrogens is 263 g/mol. The lowest BCUT2D eigenvalue weighted by Gasteiger charge is -2.09. The van der Waals surface area contributed by atoms with Crippen LogP contribution in [-0.2, 0) is 11.5 Å². The average Bonchev–Trinajstić information content (AvgIpc) is 2.15. The first kappa shape index (κ1) is 11.3. The summed E-state index contributed by atoms with van der Waals surface area (Å²) < 4.78 is 41.6. The largest absolute Gasteiger partial charge is 0.497 e. The minimum Gasteiger partial charge on any atom is -0.497 e. The van der Waals surface area contributed by atoms with Crippen LogP contribution >= 0.6 is 15.9 Å². The first-order chi connectivity index (χ1) is 6.47. The van der Waals surface area contributed by atoms with Crippen molar-refractivity contribution in [1.29, 1.82) is 0 Å². The second kappa shape index (κ2) is 4.16. The molecule has 78 valence electrons. The van der Waals surface area contributed by atoms with Gasteiger partial charge in [0.05, 0.1) is 12.8 Å². The van der Waals surface area contributed by atoms with E-state index >= 15 is 0 Å². The van der Waals surface area contributed by atoms with E-state index in [-0.39, 0.29) is 16.8 Å². The summed E-state index contributed by atoms with van der Waals surface area (Å²) in [7, 11) is 1.31. The summed E-state index contributed by atoms with van der Waals surface area (Å²) in [6, 6.07) is 2.32. The third-order valence-electron chi connectivity index (χ3n) is 1.51. The first-order valence-electron chi connectivity index (χ1n) is 3.65. The predicted molar refractivity (Wildman–Crippen MR) is 48.4 cm³/mol. The highest BCUT2D eigenvalue weighted by atomic mass is 79.9. The predicted octanol–water partition coefficient (Wildman–Crippen LogP) is 3.00. The summed E-state index contributed by atoms with van der Waals surface area (Å²) >= 11 is 3.04. The lowest BCUT2D eigenvalue weighted by molar-refractivity contribution is -0.141. The van der Waals surface area contributed by atoms with E-state index in [9.17, 15) is 13.2 Å². The number of nitrogens with zero attached hydrogens (tertiary/aromatic N) is 1. The first-order valence-corrected chi connectivity index (χ1v) is 4.77. The van der Waals surface area contributed by atoms with Gasteiger partial charge in [0.2, 0.25) is 0 Å². The average molecular weight is 270 g/mol. The summed E-state index contributed by atoms with van der Waals surface area (Å²) in [4.78, 5) is 3.42. The van der Waals surface area contributed by atoms with E-state index in [0.29, 0.717) is 0 Å². The highest BCUT2D eigenvalue weighted by molar-refractivity contribution is 9.08. The van der Waals surface area contributed by atoms with Crippen molar-refractivity contribution in [3.63, 3.8) is 0 Å². The lowest BCUT2D eigenvalue weighted by atomic mass is 10.3. The summed E-state index contributed by atoms with van der Waals surface area (Å²) in [5, 5.41) is 0.257. The molecule has 0 radical (unpaired) electrons. The molecule has 1 aromatic rings. The van der Waals surface area contributed by atoms with Crippen LogP contribution in [0.5, 0.6) is 5.75 Å². The molecule has 0 aromatic carbocycles. The third-order valence-corrected chi connectivity index (χ3v) is 2.09. The maximum Gasteiger partial charge on any atom is 0.433 e. The maximum atomic E-state index is 12.3. The van der Waals surface area contributed by atoms with Gasteiger partial charge in [-0.2, -0.15) is 13.2 Å². The third kappa shape index (κ3) is 2.60. The van der Waals surface area contributed by atoms with Gasteiger partial charge >= 0.3 is 6.18 Å². The quantitative estimate of drug-likeness (QED) is 0.771. The summed E-state index contributed by atoms with van der Waals surface area (Å²) in [5.41, 5.74) is -0.650. The van der Waals surface area contributed by atoms with Crippen LogP contribution in [0.25, 0.3) is 0 Å². The van der Waals surface area contributed by atoms with Gasteiger partial charge in [-0.3, -0.25) is 0 Å². The number of hydrogen-bond donors (Lipinski definition) is 0. The van der Waals surface area contributed by atoms with Crippen molar-refractivity contribution >= 4 is 15.9 Å². The molecule has 0 fully saturated rings. The number of alkyl halides is 4. The van der Waals surface area contributed by atoms with Crippen molar-refractivity contribution in [1.82, 2.24) is 4.98 Å². The van der Waals surface area contributed by atoms with Gasteiger partial charge in [-0.25, -0.2) is 4.98 Å². The standard InChI is InChI=1S/C8H7BrF3NO/c1-14-6-2-5(4-9)13-7(3-6)8(10,11)12/h2-3H,4H2,1H3. The van der Waals surface area contributed by atoms with E-state index in [2.05, 4.69) is 20.9 Å². The molecule has 0 unspecified atom stereocenters. The van der Waals surface area contributed by atoms with Crippen LogP contribution in [0.2, 0.25) is 0 Å². The van der Waals surface area contributed by atoms with Crippen molar-refractivity contribution in [3.05, 3.63) is 23.5 Å². The molecule has 0 aliphatic carbocycles. The molecule has 0 amide bonds. The van der Waals surface area contributed by atoms with Gasteiger partial charge in [-0.15, -0.1) is 0 Å². The Hall–Kier alpha value is -0.780. The lowest BCUT2D eigenvalue weighted by Crippen LogP contribution is -2.09. The van der Waals surface area contributed by atoms with Crippen molar-refractivity contribution in [2.45, 2.75) is 11.5 Å². The van der Waals surface area contributed by atoms with Gasteiger partial charge < -0.3 is 4.74 Å². The molecule has 0 bridgehead atoms. The van der Waals surface area contributed by atoms with Gasteiger partial charge in [0.25, 0.3) is 0 Å². The summed E-state index contributed by atoms with van der Waals surface area (Å²) in [6.45, 7) is 0. The fourth-order valence-corrected chi connectivity index (χ4v) is 1.18. The van der Waals surface area contributed by atoms with Gasteiger partial charge in [0.1, 0.15) is 11.4 Å². The number of pyridine rings is 1. The molecule has 0 aliphatic heterocycles. The van der Waals surface area contributed by atoms with Crippen LogP contribution in [-0.4, -0.2) is 12.1 Å². The van der Waals surface area contributed by atoms with Gasteiger partial charge in [0.15, 0.2) is 0 Å². The monoisotopic (exact) mass is 269 g/mol. The number of hydrogen-bond acceptors (Lipinski definition) is 2. The van der Waals surface area contributed by atoms with E-state index in [0.717, 1.165) is 6.07 Å². The van der Waals surface area contributed by atoms with Crippen LogP contribution in [0.4, 0.5) is 13.2 Å². The zero-order valence-electron chi connectivity index (χ0n) is 7.23. The van der Waals surface area contributed by atoms with Gasteiger partial charge in [-0.1, -0.05) is 15.9 Å². The number of aromatic nitrogens is 1. The smallest absolute Gasteiger partial charge is 0.433 e. The molecule has 1 heterocycles. The normalized spacial score (nSPS) is 11.5. The molecule has 0 aliphatic rings.